The molecule has 1 N–H and O–H groups in total. The summed E-state index contributed by atoms with van der Waals surface area (Å²) in [5.74, 6) is 1.26. The van der Waals surface area contributed by atoms with Gasteiger partial charge in [-0.05, 0) is 49.6 Å². The number of nitrogens with zero attached hydrogens (tertiary/aromatic N) is 2. The molecule has 0 unspecified atom stereocenters. The Morgan fingerprint density at radius 1 is 1.15 bits per heavy atom. The van der Waals surface area contributed by atoms with Gasteiger partial charge in [0, 0.05) is 5.75 Å². The Balaban J connectivity index is 1.53. The number of carbonyl (C=O) groups is 1. The van der Waals surface area contributed by atoms with Gasteiger partial charge in [0.1, 0.15) is 5.75 Å². The van der Waals surface area contributed by atoms with Crippen LogP contribution in [0.4, 0.5) is 5.13 Å². The molecule has 5 nitrogen and oxygen atoms in total. The van der Waals surface area contributed by atoms with Crippen LogP contribution in [-0.4, -0.2) is 22.2 Å². The summed E-state index contributed by atoms with van der Waals surface area (Å²) >= 11 is 2.96. The van der Waals surface area contributed by atoms with Crippen LogP contribution >= 0.6 is 23.1 Å². The van der Waals surface area contributed by atoms with E-state index < -0.39 is 6.10 Å². The average Bonchev–Trinajstić information content (AvgIpc) is 3.07. The van der Waals surface area contributed by atoms with Crippen molar-refractivity contribution in [1.82, 2.24) is 10.2 Å². The summed E-state index contributed by atoms with van der Waals surface area (Å²) < 4.78 is 6.58. The van der Waals surface area contributed by atoms with Crippen LogP contribution in [0, 0.1) is 13.8 Å². The number of carbonyl (C=O) groups excluding carboxylic acids is 1. The number of aromatic nitrogens is 2. The van der Waals surface area contributed by atoms with Crippen molar-refractivity contribution < 1.29 is 9.53 Å². The monoisotopic (exact) mass is 399 g/mol. The van der Waals surface area contributed by atoms with Gasteiger partial charge in [0.25, 0.3) is 5.91 Å². The predicted molar refractivity (Wildman–Crippen MR) is 111 cm³/mol. The topological polar surface area (TPSA) is 64.1 Å². The zero-order valence-electron chi connectivity index (χ0n) is 15.4. The number of ether oxygens (including phenoxy) is 1. The summed E-state index contributed by atoms with van der Waals surface area (Å²) in [6.07, 6.45) is -0.629. The third-order valence-electron chi connectivity index (χ3n) is 3.72. The van der Waals surface area contributed by atoms with E-state index in [1.807, 2.05) is 44.2 Å². The summed E-state index contributed by atoms with van der Waals surface area (Å²) in [6.45, 7) is 5.72. The van der Waals surface area contributed by atoms with E-state index in [0.29, 0.717) is 10.9 Å². The number of thioether (sulfide) groups is 1. The molecule has 1 amide bonds. The molecule has 0 aliphatic carbocycles. The van der Waals surface area contributed by atoms with Crippen molar-refractivity contribution >= 4 is 34.1 Å². The highest BCUT2D eigenvalue weighted by Gasteiger charge is 2.17. The van der Waals surface area contributed by atoms with Crippen LogP contribution in [-0.2, 0) is 10.5 Å². The molecule has 1 atom stereocenters. The normalized spacial score (nSPS) is 11.8. The van der Waals surface area contributed by atoms with Crippen LogP contribution < -0.4 is 10.1 Å². The Morgan fingerprint density at radius 3 is 2.56 bits per heavy atom. The Morgan fingerprint density at radius 2 is 1.85 bits per heavy atom. The van der Waals surface area contributed by atoms with Gasteiger partial charge in [-0.2, -0.15) is 0 Å². The summed E-state index contributed by atoms with van der Waals surface area (Å²) in [5.41, 5.74) is 3.42. The van der Waals surface area contributed by atoms with E-state index in [0.717, 1.165) is 21.2 Å². The molecule has 3 rings (SSSR count). The molecule has 1 heterocycles. The van der Waals surface area contributed by atoms with Crippen molar-refractivity contribution in [1.29, 1.82) is 0 Å². The zero-order valence-corrected chi connectivity index (χ0v) is 17.1. The standard InChI is InChI=1S/C20H21N3O2S2/c1-13-9-14(2)11-17(10-13)25-15(3)18(24)21-19-22-23-20(27-19)26-12-16-7-5-4-6-8-16/h4-11,15H,12H2,1-3H3,(H,21,22,24)/t15-/m0/s1. The zero-order chi connectivity index (χ0) is 19.2. The fourth-order valence-electron chi connectivity index (χ4n) is 2.50. The Hall–Kier alpha value is -2.38. The van der Waals surface area contributed by atoms with Crippen LogP contribution in [0.15, 0.2) is 52.9 Å². The average molecular weight is 400 g/mol. The van der Waals surface area contributed by atoms with Crippen molar-refractivity contribution in [2.24, 2.45) is 0 Å². The molecule has 0 fully saturated rings. The first-order chi connectivity index (χ1) is 13.0. The maximum Gasteiger partial charge on any atom is 0.266 e. The lowest BCUT2D eigenvalue weighted by molar-refractivity contribution is -0.122. The lowest BCUT2D eigenvalue weighted by Gasteiger charge is -2.14. The number of hydrogen-bond donors (Lipinski definition) is 1. The highest BCUT2D eigenvalue weighted by molar-refractivity contribution is 8.00. The first-order valence-corrected chi connectivity index (χ1v) is 10.4. The van der Waals surface area contributed by atoms with Crippen LogP contribution in [0.1, 0.15) is 23.6 Å². The van der Waals surface area contributed by atoms with Gasteiger partial charge in [-0.1, -0.05) is 59.5 Å². The SMILES string of the molecule is Cc1cc(C)cc(O[C@@H](C)C(=O)Nc2nnc(SCc3ccccc3)s2)c1. The molecule has 0 spiro atoms. The van der Waals surface area contributed by atoms with Crippen molar-refractivity contribution in [3.63, 3.8) is 0 Å². The molecule has 2 aromatic carbocycles. The number of rotatable bonds is 7. The second-order valence-electron chi connectivity index (χ2n) is 6.22. The maximum absolute atomic E-state index is 12.4. The van der Waals surface area contributed by atoms with Gasteiger partial charge in [-0.15, -0.1) is 10.2 Å². The van der Waals surface area contributed by atoms with Gasteiger partial charge in [-0.3, -0.25) is 10.1 Å². The van der Waals surface area contributed by atoms with E-state index in [-0.39, 0.29) is 5.91 Å². The van der Waals surface area contributed by atoms with E-state index >= 15 is 0 Å². The molecule has 3 aromatic rings. The highest BCUT2D eigenvalue weighted by atomic mass is 32.2. The highest BCUT2D eigenvalue weighted by Crippen LogP contribution is 2.28. The minimum atomic E-state index is -0.629. The molecule has 0 saturated carbocycles. The molecular formula is C20H21N3O2S2. The van der Waals surface area contributed by atoms with Crippen molar-refractivity contribution in [2.45, 2.75) is 37.0 Å². The van der Waals surface area contributed by atoms with E-state index in [1.165, 1.54) is 16.9 Å². The lowest BCUT2D eigenvalue weighted by atomic mass is 10.1. The Bertz CT molecular complexity index is 892. The van der Waals surface area contributed by atoms with Crippen molar-refractivity contribution in [2.75, 3.05) is 5.32 Å². The van der Waals surface area contributed by atoms with E-state index in [1.54, 1.807) is 18.7 Å². The minimum Gasteiger partial charge on any atom is -0.481 e. The van der Waals surface area contributed by atoms with Gasteiger partial charge in [0.2, 0.25) is 5.13 Å². The second kappa shape index (κ2) is 9.01. The maximum atomic E-state index is 12.4. The second-order valence-corrected chi connectivity index (χ2v) is 8.42. The molecule has 0 bridgehead atoms. The number of hydrogen-bond acceptors (Lipinski definition) is 6. The smallest absolute Gasteiger partial charge is 0.266 e. The van der Waals surface area contributed by atoms with Crippen molar-refractivity contribution in [3.05, 3.63) is 65.2 Å². The first kappa shape index (κ1) is 19.4. The van der Waals surface area contributed by atoms with Crippen LogP contribution in [0.3, 0.4) is 0 Å². The third kappa shape index (κ3) is 5.80. The van der Waals surface area contributed by atoms with Gasteiger partial charge >= 0.3 is 0 Å². The molecular weight excluding hydrogens is 378 g/mol. The fourth-order valence-corrected chi connectivity index (χ4v) is 4.21. The molecule has 7 heteroatoms. The summed E-state index contributed by atoms with van der Waals surface area (Å²) in [6, 6.07) is 16.1. The lowest BCUT2D eigenvalue weighted by Crippen LogP contribution is -2.30. The number of benzene rings is 2. The number of amides is 1. The Labute approximate surface area is 167 Å². The first-order valence-electron chi connectivity index (χ1n) is 8.55. The van der Waals surface area contributed by atoms with Crippen molar-refractivity contribution in [3.8, 4) is 5.75 Å². The van der Waals surface area contributed by atoms with Gasteiger partial charge in [0.15, 0.2) is 10.4 Å². The largest absolute Gasteiger partial charge is 0.481 e. The summed E-state index contributed by atoms with van der Waals surface area (Å²) in [5, 5.41) is 11.4. The summed E-state index contributed by atoms with van der Waals surface area (Å²) in [4.78, 5) is 12.4. The van der Waals surface area contributed by atoms with E-state index in [9.17, 15) is 4.79 Å². The molecule has 0 radical (unpaired) electrons. The van der Waals surface area contributed by atoms with Crippen LogP contribution in [0.5, 0.6) is 5.75 Å². The van der Waals surface area contributed by atoms with Crippen LogP contribution in [0.25, 0.3) is 0 Å². The number of nitrogens with one attached hydrogen (secondary N) is 1. The Kier molecular flexibility index (Phi) is 6.47. The van der Waals surface area contributed by atoms with E-state index in [2.05, 4.69) is 33.7 Å². The van der Waals surface area contributed by atoms with Crippen LogP contribution in [0.2, 0.25) is 0 Å². The van der Waals surface area contributed by atoms with Gasteiger partial charge < -0.3 is 4.74 Å². The molecule has 27 heavy (non-hydrogen) atoms. The quantitative estimate of drug-likeness (QED) is 0.454. The van der Waals surface area contributed by atoms with E-state index in [4.69, 9.17) is 4.74 Å². The number of aryl methyl sites for hydroxylation is 2. The molecule has 0 saturated heterocycles. The third-order valence-corrected chi connectivity index (χ3v) is 5.76. The fraction of sp³-hybridized carbons (Fsp3) is 0.250. The van der Waals surface area contributed by atoms with Gasteiger partial charge in [-0.25, -0.2) is 0 Å². The molecule has 140 valence electrons. The molecule has 1 aromatic heterocycles. The van der Waals surface area contributed by atoms with Gasteiger partial charge in [0.05, 0.1) is 0 Å². The molecule has 0 aliphatic rings. The minimum absolute atomic E-state index is 0.245. The predicted octanol–water partition coefficient (Wildman–Crippen LogP) is 4.85. The number of anilines is 1. The molecule has 0 aliphatic heterocycles. The summed E-state index contributed by atoms with van der Waals surface area (Å²) in [7, 11) is 0.